The number of carbonyl (C=O) groups excluding carboxylic acids is 1. The van der Waals surface area contributed by atoms with Crippen molar-refractivity contribution >= 4 is 33.9 Å². The summed E-state index contributed by atoms with van der Waals surface area (Å²) in [5.74, 6) is -1.22. The van der Waals surface area contributed by atoms with Crippen LogP contribution < -0.4 is 10.1 Å². The second-order valence-corrected chi connectivity index (χ2v) is 7.06. The predicted molar refractivity (Wildman–Crippen MR) is 114 cm³/mol. The monoisotopic (exact) mass is 451 g/mol. The fraction of sp³-hybridized carbons (Fsp3) is 0.0435. The van der Waals surface area contributed by atoms with Crippen LogP contribution in [0.3, 0.4) is 0 Å². The Balaban J connectivity index is 1.81. The quantitative estimate of drug-likeness (QED) is 0.501. The normalized spacial score (nSPS) is 11.0. The lowest BCUT2D eigenvalue weighted by Gasteiger charge is -2.11. The maximum atomic E-state index is 12.3. The molecule has 5 nitrogen and oxygen atoms in total. The molecular formula is C23H18BrNO4. The Morgan fingerprint density at radius 2 is 1.69 bits per heavy atom. The number of benzene rings is 3. The highest BCUT2D eigenvalue weighted by atomic mass is 79.9. The zero-order chi connectivity index (χ0) is 20.6. The van der Waals surface area contributed by atoms with Gasteiger partial charge in [0.2, 0.25) is 0 Å². The molecule has 0 spiro atoms. The number of para-hydroxylation sites is 1. The molecule has 29 heavy (non-hydrogen) atoms. The third-order valence-corrected chi connectivity index (χ3v) is 4.51. The fourth-order valence-corrected chi connectivity index (χ4v) is 3.06. The zero-order valence-electron chi connectivity index (χ0n) is 15.3. The van der Waals surface area contributed by atoms with Gasteiger partial charge in [-0.05, 0) is 42.0 Å². The van der Waals surface area contributed by atoms with E-state index in [9.17, 15) is 14.7 Å². The van der Waals surface area contributed by atoms with Crippen LogP contribution in [-0.4, -0.2) is 17.0 Å². The van der Waals surface area contributed by atoms with Gasteiger partial charge < -0.3 is 15.2 Å². The van der Waals surface area contributed by atoms with Crippen LogP contribution in [0.5, 0.6) is 5.75 Å². The molecule has 0 unspecified atom stereocenters. The second kappa shape index (κ2) is 9.71. The Bertz CT molecular complexity index is 1050. The van der Waals surface area contributed by atoms with Crippen molar-refractivity contribution in [2.45, 2.75) is 6.61 Å². The minimum atomic E-state index is -1.24. The van der Waals surface area contributed by atoms with E-state index in [1.807, 2.05) is 24.3 Å². The van der Waals surface area contributed by atoms with Crippen LogP contribution in [-0.2, 0) is 11.4 Å². The Morgan fingerprint density at radius 1 is 0.966 bits per heavy atom. The van der Waals surface area contributed by atoms with Crippen molar-refractivity contribution in [3.05, 3.63) is 106 Å². The van der Waals surface area contributed by atoms with Crippen LogP contribution in [0.25, 0.3) is 6.08 Å². The molecule has 1 amide bonds. The maximum Gasteiger partial charge on any atom is 0.352 e. The van der Waals surface area contributed by atoms with Gasteiger partial charge in [-0.25, -0.2) is 4.79 Å². The number of carboxylic acid groups (broad SMARTS) is 1. The van der Waals surface area contributed by atoms with Crippen molar-refractivity contribution in [3.8, 4) is 5.75 Å². The van der Waals surface area contributed by atoms with Crippen LogP contribution in [0.4, 0.5) is 0 Å². The van der Waals surface area contributed by atoms with E-state index in [1.165, 1.54) is 6.08 Å². The molecule has 0 aromatic heterocycles. The standard InChI is InChI=1S/C23H18BrNO4/c24-19-11-6-7-16(13-19)15-29-21-12-5-4-10-18(21)14-20(23(27)28)25-22(26)17-8-2-1-3-9-17/h1-14H,15H2,(H,25,26)(H,27,28)/b20-14+. The summed E-state index contributed by atoms with van der Waals surface area (Å²) in [6.45, 7) is 0.322. The third kappa shape index (κ3) is 5.80. The van der Waals surface area contributed by atoms with E-state index in [1.54, 1.807) is 54.6 Å². The first kappa shape index (κ1) is 20.4. The summed E-state index contributed by atoms with van der Waals surface area (Å²) in [6, 6.07) is 23.2. The number of halogens is 1. The number of ether oxygens (including phenoxy) is 1. The topological polar surface area (TPSA) is 75.6 Å². The van der Waals surface area contributed by atoms with Gasteiger partial charge in [0.25, 0.3) is 5.91 Å². The van der Waals surface area contributed by atoms with Crippen LogP contribution in [0.1, 0.15) is 21.5 Å². The molecular weight excluding hydrogens is 434 g/mol. The Morgan fingerprint density at radius 3 is 2.41 bits per heavy atom. The van der Waals surface area contributed by atoms with Gasteiger partial charge in [-0.1, -0.05) is 64.5 Å². The molecule has 0 radical (unpaired) electrons. The van der Waals surface area contributed by atoms with E-state index in [0.717, 1.165) is 10.0 Å². The molecule has 0 fully saturated rings. The zero-order valence-corrected chi connectivity index (χ0v) is 16.9. The molecule has 0 heterocycles. The molecule has 0 bridgehead atoms. The average molecular weight is 452 g/mol. The van der Waals surface area contributed by atoms with Gasteiger partial charge in [0.1, 0.15) is 18.1 Å². The second-order valence-electron chi connectivity index (χ2n) is 6.14. The summed E-state index contributed by atoms with van der Waals surface area (Å²) < 4.78 is 6.83. The van der Waals surface area contributed by atoms with Crippen LogP contribution in [0, 0.1) is 0 Å². The molecule has 0 aliphatic rings. The van der Waals surface area contributed by atoms with Gasteiger partial charge in [0, 0.05) is 15.6 Å². The molecule has 146 valence electrons. The smallest absolute Gasteiger partial charge is 0.352 e. The Hall–Kier alpha value is -3.38. The molecule has 0 atom stereocenters. The molecule has 3 aromatic rings. The highest BCUT2D eigenvalue weighted by molar-refractivity contribution is 9.10. The lowest BCUT2D eigenvalue weighted by molar-refractivity contribution is -0.132. The van der Waals surface area contributed by atoms with Crippen molar-refractivity contribution in [2.75, 3.05) is 0 Å². The third-order valence-electron chi connectivity index (χ3n) is 4.02. The number of hydrogen-bond acceptors (Lipinski definition) is 3. The van der Waals surface area contributed by atoms with Crippen molar-refractivity contribution in [1.82, 2.24) is 5.32 Å². The van der Waals surface area contributed by atoms with Crippen LogP contribution >= 0.6 is 15.9 Å². The molecule has 3 rings (SSSR count). The minimum Gasteiger partial charge on any atom is -0.488 e. The van der Waals surface area contributed by atoms with Crippen molar-refractivity contribution in [1.29, 1.82) is 0 Å². The summed E-state index contributed by atoms with van der Waals surface area (Å²) in [6.07, 6.45) is 1.39. The number of nitrogens with one attached hydrogen (secondary N) is 1. The highest BCUT2D eigenvalue weighted by Crippen LogP contribution is 2.22. The largest absolute Gasteiger partial charge is 0.488 e. The van der Waals surface area contributed by atoms with E-state index in [4.69, 9.17) is 4.74 Å². The Labute approximate surface area is 176 Å². The van der Waals surface area contributed by atoms with Gasteiger partial charge in [-0.15, -0.1) is 0 Å². The van der Waals surface area contributed by atoms with E-state index in [0.29, 0.717) is 23.5 Å². The summed E-state index contributed by atoms with van der Waals surface area (Å²) in [5, 5.41) is 12.0. The highest BCUT2D eigenvalue weighted by Gasteiger charge is 2.14. The summed E-state index contributed by atoms with van der Waals surface area (Å²) >= 11 is 3.42. The number of rotatable bonds is 7. The SMILES string of the molecule is O=C(O)/C(=C\c1ccccc1OCc1cccc(Br)c1)NC(=O)c1ccccc1. The van der Waals surface area contributed by atoms with Gasteiger partial charge in [-0.3, -0.25) is 4.79 Å². The number of amides is 1. The van der Waals surface area contributed by atoms with Gasteiger partial charge in [0.05, 0.1) is 0 Å². The molecule has 0 saturated carbocycles. The number of aliphatic carboxylic acids is 1. The molecule has 6 heteroatoms. The number of carboxylic acids is 1. The van der Waals surface area contributed by atoms with E-state index < -0.39 is 11.9 Å². The molecule has 0 saturated heterocycles. The first-order valence-electron chi connectivity index (χ1n) is 8.80. The van der Waals surface area contributed by atoms with Gasteiger partial charge >= 0.3 is 5.97 Å². The lowest BCUT2D eigenvalue weighted by Crippen LogP contribution is -2.27. The maximum absolute atomic E-state index is 12.3. The van der Waals surface area contributed by atoms with Crippen molar-refractivity contribution in [3.63, 3.8) is 0 Å². The predicted octanol–water partition coefficient (Wildman–Crippen LogP) is 4.88. The minimum absolute atomic E-state index is 0.239. The Kier molecular flexibility index (Phi) is 6.81. The summed E-state index contributed by atoms with van der Waals surface area (Å²) in [4.78, 5) is 24.0. The molecule has 3 aromatic carbocycles. The van der Waals surface area contributed by atoms with Crippen LogP contribution in [0.15, 0.2) is 89.0 Å². The van der Waals surface area contributed by atoms with E-state index in [-0.39, 0.29) is 5.70 Å². The molecule has 0 aliphatic carbocycles. The van der Waals surface area contributed by atoms with Gasteiger partial charge in [-0.2, -0.15) is 0 Å². The first-order valence-corrected chi connectivity index (χ1v) is 9.60. The molecule has 2 N–H and O–H groups in total. The number of hydrogen-bond donors (Lipinski definition) is 2. The van der Waals surface area contributed by atoms with Gasteiger partial charge in [0.15, 0.2) is 0 Å². The first-order chi connectivity index (χ1) is 14.0. The average Bonchev–Trinajstić information content (AvgIpc) is 2.73. The fourth-order valence-electron chi connectivity index (χ4n) is 2.61. The summed E-state index contributed by atoms with van der Waals surface area (Å²) in [7, 11) is 0. The summed E-state index contributed by atoms with van der Waals surface area (Å²) in [5.41, 5.74) is 1.65. The molecule has 0 aliphatic heterocycles. The van der Waals surface area contributed by atoms with E-state index >= 15 is 0 Å². The van der Waals surface area contributed by atoms with Crippen LogP contribution in [0.2, 0.25) is 0 Å². The van der Waals surface area contributed by atoms with E-state index in [2.05, 4.69) is 21.2 Å². The van der Waals surface area contributed by atoms with Crippen molar-refractivity contribution < 1.29 is 19.4 Å². The number of carbonyl (C=O) groups is 2. The van der Waals surface area contributed by atoms with Crippen molar-refractivity contribution in [2.24, 2.45) is 0 Å². The lowest BCUT2D eigenvalue weighted by atomic mass is 10.1.